The van der Waals surface area contributed by atoms with Crippen LogP contribution in [0.3, 0.4) is 0 Å². The Morgan fingerprint density at radius 2 is 1.82 bits per heavy atom. The lowest BCUT2D eigenvalue weighted by Gasteiger charge is -2.17. The summed E-state index contributed by atoms with van der Waals surface area (Å²) in [7, 11) is -1.99. The standard InChI is InChI=1S/C16H18ClNO3S/c1-13-4-3-5-15(12-13)21-11-10-18(2)22(19,20)16-8-6-14(17)7-9-16/h3-9,12H,10-11H2,1-2H3. The summed E-state index contributed by atoms with van der Waals surface area (Å²) in [5, 5.41) is 0.504. The van der Waals surface area contributed by atoms with Crippen molar-refractivity contribution in [2.45, 2.75) is 11.8 Å². The first-order valence-electron chi connectivity index (χ1n) is 6.81. The van der Waals surface area contributed by atoms with E-state index in [0.717, 1.165) is 11.3 Å². The Labute approximate surface area is 136 Å². The van der Waals surface area contributed by atoms with Gasteiger partial charge in [0.2, 0.25) is 10.0 Å². The van der Waals surface area contributed by atoms with Gasteiger partial charge in [-0.25, -0.2) is 8.42 Å². The molecule has 0 unspecified atom stereocenters. The van der Waals surface area contributed by atoms with E-state index in [4.69, 9.17) is 16.3 Å². The maximum absolute atomic E-state index is 12.4. The number of likely N-dealkylation sites (N-methyl/N-ethyl adjacent to an activating group) is 1. The Hall–Kier alpha value is -1.56. The van der Waals surface area contributed by atoms with Gasteiger partial charge >= 0.3 is 0 Å². The van der Waals surface area contributed by atoms with Crippen molar-refractivity contribution in [3.8, 4) is 5.75 Å². The van der Waals surface area contributed by atoms with Crippen molar-refractivity contribution in [2.24, 2.45) is 0 Å². The highest BCUT2D eigenvalue weighted by atomic mass is 35.5. The average Bonchev–Trinajstić information content (AvgIpc) is 2.47. The van der Waals surface area contributed by atoms with Crippen molar-refractivity contribution in [3.63, 3.8) is 0 Å². The molecule has 2 aromatic carbocycles. The van der Waals surface area contributed by atoms with Crippen LogP contribution in [-0.4, -0.2) is 32.9 Å². The molecule has 0 aliphatic heterocycles. The van der Waals surface area contributed by atoms with Crippen LogP contribution in [0.1, 0.15) is 5.56 Å². The highest BCUT2D eigenvalue weighted by molar-refractivity contribution is 7.89. The number of hydrogen-bond donors (Lipinski definition) is 0. The van der Waals surface area contributed by atoms with Crippen molar-refractivity contribution in [3.05, 3.63) is 59.1 Å². The van der Waals surface area contributed by atoms with Gasteiger partial charge in [-0.05, 0) is 48.9 Å². The third-order valence-corrected chi connectivity index (χ3v) is 5.31. The zero-order chi connectivity index (χ0) is 16.2. The third-order valence-electron chi connectivity index (χ3n) is 3.19. The summed E-state index contributed by atoms with van der Waals surface area (Å²) in [5.74, 6) is 0.734. The molecule has 4 nitrogen and oxygen atoms in total. The summed E-state index contributed by atoms with van der Waals surface area (Å²) in [6, 6.07) is 13.7. The predicted molar refractivity (Wildman–Crippen MR) is 87.9 cm³/mol. The van der Waals surface area contributed by atoms with E-state index in [-0.39, 0.29) is 18.0 Å². The number of rotatable bonds is 6. The van der Waals surface area contributed by atoms with Crippen LogP contribution in [0.2, 0.25) is 5.02 Å². The van der Waals surface area contributed by atoms with Crippen LogP contribution in [0, 0.1) is 6.92 Å². The van der Waals surface area contributed by atoms with Crippen molar-refractivity contribution in [1.82, 2.24) is 4.31 Å². The maximum atomic E-state index is 12.4. The van der Waals surface area contributed by atoms with E-state index in [1.165, 1.54) is 23.5 Å². The molecule has 0 atom stereocenters. The second-order valence-corrected chi connectivity index (χ2v) is 7.43. The zero-order valence-electron chi connectivity index (χ0n) is 12.5. The van der Waals surface area contributed by atoms with Crippen LogP contribution in [0.4, 0.5) is 0 Å². The smallest absolute Gasteiger partial charge is 0.242 e. The summed E-state index contributed by atoms with van der Waals surface area (Å²) in [4.78, 5) is 0.218. The largest absolute Gasteiger partial charge is 0.492 e. The number of sulfonamides is 1. The quantitative estimate of drug-likeness (QED) is 0.810. The Morgan fingerprint density at radius 1 is 1.14 bits per heavy atom. The molecule has 0 saturated heterocycles. The van der Waals surface area contributed by atoms with Gasteiger partial charge in [0, 0.05) is 18.6 Å². The zero-order valence-corrected chi connectivity index (χ0v) is 14.1. The fourth-order valence-electron chi connectivity index (χ4n) is 1.90. The van der Waals surface area contributed by atoms with Crippen molar-refractivity contribution >= 4 is 21.6 Å². The molecular formula is C16H18ClNO3S. The molecule has 2 rings (SSSR count). The van der Waals surface area contributed by atoms with Crippen LogP contribution in [0.5, 0.6) is 5.75 Å². The highest BCUT2D eigenvalue weighted by Crippen LogP contribution is 2.17. The molecule has 0 N–H and O–H groups in total. The molecule has 0 amide bonds. The summed E-state index contributed by atoms with van der Waals surface area (Å²) in [6.45, 7) is 2.52. The number of benzene rings is 2. The fraction of sp³-hybridized carbons (Fsp3) is 0.250. The Balaban J connectivity index is 1.96. The Kier molecular flexibility index (Phi) is 5.45. The summed E-state index contributed by atoms with van der Waals surface area (Å²) in [6.07, 6.45) is 0. The topological polar surface area (TPSA) is 46.6 Å². The summed E-state index contributed by atoms with van der Waals surface area (Å²) >= 11 is 5.78. The van der Waals surface area contributed by atoms with Crippen molar-refractivity contribution in [1.29, 1.82) is 0 Å². The first-order chi connectivity index (χ1) is 10.4. The molecule has 0 fully saturated rings. The minimum atomic E-state index is -3.52. The number of ether oxygens (including phenoxy) is 1. The molecule has 0 bridgehead atoms. The van der Waals surface area contributed by atoms with Gasteiger partial charge in [-0.1, -0.05) is 23.7 Å². The molecule has 22 heavy (non-hydrogen) atoms. The maximum Gasteiger partial charge on any atom is 0.242 e. The fourth-order valence-corrected chi connectivity index (χ4v) is 3.18. The number of nitrogens with zero attached hydrogens (tertiary/aromatic N) is 1. The van der Waals surface area contributed by atoms with Gasteiger partial charge in [0.05, 0.1) is 4.90 Å². The second-order valence-electron chi connectivity index (χ2n) is 4.95. The van der Waals surface area contributed by atoms with Gasteiger partial charge in [0.1, 0.15) is 12.4 Å². The first kappa shape index (κ1) is 16.8. The van der Waals surface area contributed by atoms with Gasteiger partial charge in [-0.3, -0.25) is 0 Å². The normalized spacial score (nSPS) is 11.6. The highest BCUT2D eigenvalue weighted by Gasteiger charge is 2.20. The van der Waals surface area contributed by atoms with E-state index in [2.05, 4.69) is 0 Å². The van der Waals surface area contributed by atoms with Gasteiger partial charge < -0.3 is 4.74 Å². The van der Waals surface area contributed by atoms with Crippen LogP contribution in [0.25, 0.3) is 0 Å². The van der Waals surface area contributed by atoms with Gasteiger partial charge in [0.15, 0.2) is 0 Å². The average molecular weight is 340 g/mol. The molecule has 0 radical (unpaired) electrons. The summed E-state index contributed by atoms with van der Waals surface area (Å²) < 4.78 is 31.6. The first-order valence-corrected chi connectivity index (χ1v) is 8.63. The molecule has 0 aliphatic rings. The Morgan fingerprint density at radius 3 is 2.45 bits per heavy atom. The second kappa shape index (κ2) is 7.13. The van der Waals surface area contributed by atoms with Crippen molar-refractivity contribution in [2.75, 3.05) is 20.2 Å². The van der Waals surface area contributed by atoms with Gasteiger partial charge in [-0.15, -0.1) is 0 Å². The lowest BCUT2D eigenvalue weighted by molar-refractivity contribution is 0.286. The van der Waals surface area contributed by atoms with E-state index in [0.29, 0.717) is 5.02 Å². The molecule has 0 saturated carbocycles. The molecule has 6 heteroatoms. The van der Waals surface area contributed by atoms with E-state index < -0.39 is 10.0 Å². The lowest BCUT2D eigenvalue weighted by atomic mass is 10.2. The molecule has 2 aromatic rings. The van der Waals surface area contributed by atoms with Gasteiger partial charge in [0.25, 0.3) is 0 Å². The monoisotopic (exact) mass is 339 g/mol. The van der Waals surface area contributed by atoms with E-state index in [1.54, 1.807) is 12.1 Å². The summed E-state index contributed by atoms with van der Waals surface area (Å²) in [5.41, 5.74) is 1.10. The molecule has 0 aromatic heterocycles. The Bertz CT molecular complexity index is 729. The van der Waals surface area contributed by atoms with E-state index in [1.807, 2.05) is 31.2 Å². The minimum absolute atomic E-state index is 0.218. The number of halogens is 1. The molecule has 118 valence electrons. The predicted octanol–water partition coefficient (Wildman–Crippen LogP) is 3.35. The van der Waals surface area contributed by atoms with Crippen LogP contribution in [0.15, 0.2) is 53.4 Å². The van der Waals surface area contributed by atoms with Crippen molar-refractivity contribution < 1.29 is 13.2 Å². The van der Waals surface area contributed by atoms with Crippen LogP contribution in [-0.2, 0) is 10.0 Å². The van der Waals surface area contributed by atoms with Crippen LogP contribution >= 0.6 is 11.6 Å². The van der Waals surface area contributed by atoms with Crippen LogP contribution < -0.4 is 4.74 Å². The molecule has 0 aliphatic carbocycles. The third kappa shape index (κ3) is 4.22. The van der Waals surface area contributed by atoms with Gasteiger partial charge in [-0.2, -0.15) is 4.31 Å². The van der Waals surface area contributed by atoms with E-state index >= 15 is 0 Å². The molecular weight excluding hydrogens is 322 g/mol. The van der Waals surface area contributed by atoms with E-state index in [9.17, 15) is 8.42 Å². The number of hydrogen-bond acceptors (Lipinski definition) is 3. The SMILES string of the molecule is Cc1cccc(OCCN(C)S(=O)(=O)c2ccc(Cl)cc2)c1. The molecule has 0 heterocycles. The molecule has 0 spiro atoms. The minimum Gasteiger partial charge on any atom is -0.492 e. The lowest BCUT2D eigenvalue weighted by Crippen LogP contribution is -2.31. The number of aryl methyl sites for hydroxylation is 1.